The Balaban J connectivity index is 1.29. The summed E-state index contributed by atoms with van der Waals surface area (Å²) in [7, 11) is 0. The van der Waals surface area contributed by atoms with Crippen molar-refractivity contribution in [2.45, 2.75) is 32.1 Å². The van der Waals surface area contributed by atoms with Gasteiger partial charge in [-0.05, 0) is 48.5 Å². The summed E-state index contributed by atoms with van der Waals surface area (Å²) < 4.78 is 5.21. The normalized spacial score (nSPS) is 24.4. The molecule has 2 aliphatic carbocycles. The monoisotopic (exact) mass is 337 g/mol. The van der Waals surface area contributed by atoms with E-state index in [-0.39, 0.29) is 18.5 Å². The number of hydrogen-bond acceptors (Lipinski definition) is 3. The van der Waals surface area contributed by atoms with Crippen LogP contribution in [0.5, 0.6) is 0 Å². The second kappa shape index (κ2) is 6.87. The molecular formula is C21H23NO3. The van der Waals surface area contributed by atoms with Crippen LogP contribution in [0.4, 0.5) is 5.69 Å². The van der Waals surface area contributed by atoms with E-state index in [1.54, 1.807) is 0 Å². The molecule has 130 valence electrons. The van der Waals surface area contributed by atoms with Gasteiger partial charge in [0.05, 0.1) is 0 Å². The lowest BCUT2D eigenvalue weighted by Gasteiger charge is -2.20. The highest BCUT2D eigenvalue weighted by Gasteiger charge is 2.40. The van der Waals surface area contributed by atoms with Gasteiger partial charge in [0.15, 0.2) is 6.61 Å². The molecule has 0 aliphatic heterocycles. The molecule has 4 heteroatoms. The first-order chi connectivity index (χ1) is 12.2. The van der Waals surface area contributed by atoms with Crippen LogP contribution in [0.25, 0.3) is 10.8 Å². The molecule has 2 aliphatic rings. The predicted molar refractivity (Wildman–Crippen MR) is 97.1 cm³/mol. The van der Waals surface area contributed by atoms with E-state index in [0.29, 0.717) is 18.3 Å². The van der Waals surface area contributed by atoms with Crippen LogP contribution >= 0.6 is 0 Å². The van der Waals surface area contributed by atoms with Crippen molar-refractivity contribution in [1.82, 2.24) is 0 Å². The van der Waals surface area contributed by atoms with Gasteiger partial charge in [0.25, 0.3) is 5.91 Å². The van der Waals surface area contributed by atoms with Crippen LogP contribution in [-0.2, 0) is 14.3 Å². The summed E-state index contributed by atoms with van der Waals surface area (Å²) in [5, 5.41) is 4.89. The van der Waals surface area contributed by atoms with Crippen molar-refractivity contribution in [1.29, 1.82) is 0 Å². The fraction of sp³-hybridized carbons (Fsp3) is 0.429. The van der Waals surface area contributed by atoms with Crippen LogP contribution in [0.15, 0.2) is 42.5 Å². The molecule has 2 aromatic rings. The molecular weight excluding hydrogens is 314 g/mol. The summed E-state index contributed by atoms with van der Waals surface area (Å²) in [6.07, 6.45) is 5.47. The van der Waals surface area contributed by atoms with Crippen molar-refractivity contribution in [3.05, 3.63) is 42.5 Å². The fourth-order valence-corrected chi connectivity index (χ4v) is 4.57. The molecule has 3 atom stereocenters. The zero-order chi connectivity index (χ0) is 17.2. The third-order valence-electron chi connectivity index (χ3n) is 5.74. The SMILES string of the molecule is O=C(COC(=O)C[C@@H]1C[C@@H]2CC[C@H]1C2)Nc1cccc2ccccc12. The maximum Gasteiger partial charge on any atom is 0.306 e. The average Bonchev–Trinajstić information content (AvgIpc) is 3.23. The minimum Gasteiger partial charge on any atom is -0.456 e. The van der Waals surface area contributed by atoms with Gasteiger partial charge >= 0.3 is 5.97 Å². The first-order valence-corrected chi connectivity index (χ1v) is 9.12. The summed E-state index contributed by atoms with van der Waals surface area (Å²) >= 11 is 0. The maximum absolute atomic E-state index is 12.1. The topological polar surface area (TPSA) is 55.4 Å². The van der Waals surface area contributed by atoms with Gasteiger partial charge < -0.3 is 10.1 Å². The van der Waals surface area contributed by atoms with Gasteiger partial charge in [0, 0.05) is 17.5 Å². The molecule has 4 rings (SSSR count). The summed E-state index contributed by atoms with van der Waals surface area (Å²) in [6.45, 7) is -0.219. The Morgan fingerprint density at radius 2 is 1.88 bits per heavy atom. The van der Waals surface area contributed by atoms with Gasteiger partial charge in [0.1, 0.15) is 0 Å². The Morgan fingerprint density at radius 3 is 2.68 bits per heavy atom. The number of rotatable bonds is 5. The minimum atomic E-state index is -0.294. The first kappa shape index (κ1) is 16.1. The Kier molecular flexibility index (Phi) is 4.43. The predicted octanol–water partition coefficient (Wildman–Crippen LogP) is 4.15. The molecule has 1 amide bonds. The molecule has 4 nitrogen and oxygen atoms in total. The molecule has 25 heavy (non-hydrogen) atoms. The number of anilines is 1. The van der Waals surface area contributed by atoms with Crippen LogP contribution in [-0.4, -0.2) is 18.5 Å². The van der Waals surface area contributed by atoms with E-state index < -0.39 is 0 Å². The number of ether oxygens (including phenoxy) is 1. The molecule has 0 heterocycles. The van der Waals surface area contributed by atoms with E-state index in [2.05, 4.69) is 5.32 Å². The van der Waals surface area contributed by atoms with Gasteiger partial charge in [0.2, 0.25) is 0 Å². The number of amides is 1. The number of benzene rings is 2. The quantitative estimate of drug-likeness (QED) is 0.834. The van der Waals surface area contributed by atoms with Crippen molar-refractivity contribution in [2.75, 3.05) is 11.9 Å². The van der Waals surface area contributed by atoms with Gasteiger partial charge in [-0.2, -0.15) is 0 Å². The van der Waals surface area contributed by atoms with Crippen LogP contribution in [0.2, 0.25) is 0 Å². The highest BCUT2D eigenvalue weighted by molar-refractivity contribution is 6.02. The molecule has 0 spiro atoms. The van der Waals surface area contributed by atoms with Gasteiger partial charge in [-0.3, -0.25) is 9.59 Å². The van der Waals surface area contributed by atoms with Gasteiger partial charge in [-0.25, -0.2) is 0 Å². The standard InChI is InChI=1S/C21H23NO3/c23-20(22-19-7-3-5-15-4-1-2-6-18(15)19)13-25-21(24)12-17-11-14-8-9-16(17)10-14/h1-7,14,16-17H,8-13H2,(H,22,23)/t14-,16+,17+/m1/s1. The van der Waals surface area contributed by atoms with Gasteiger partial charge in [-0.1, -0.05) is 42.8 Å². The van der Waals surface area contributed by atoms with Crippen LogP contribution < -0.4 is 5.32 Å². The lowest BCUT2D eigenvalue weighted by molar-refractivity contribution is -0.148. The van der Waals surface area contributed by atoms with Gasteiger partial charge in [-0.15, -0.1) is 0 Å². The molecule has 2 saturated carbocycles. The number of carbonyl (C=O) groups is 2. The minimum absolute atomic E-state index is 0.219. The molecule has 0 saturated heterocycles. The maximum atomic E-state index is 12.1. The Labute approximate surface area is 147 Å². The van der Waals surface area contributed by atoms with Crippen molar-refractivity contribution in [2.24, 2.45) is 17.8 Å². The van der Waals surface area contributed by atoms with Crippen molar-refractivity contribution in [3.8, 4) is 0 Å². The fourth-order valence-electron chi connectivity index (χ4n) is 4.57. The molecule has 0 aromatic heterocycles. The molecule has 1 N–H and O–H groups in total. The zero-order valence-corrected chi connectivity index (χ0v) is 14.2. The summed E-state index contributed by atoms with van der Waals surface area (Å²) in [4.78, 5) is 24.2. The summed E-state index contributed by atoms with van der Waals surface area (Å²) in [5.41, 5.74) is 0.743. The zero-order valence-electron chi connectivity index (χ0n) is 14.2. The average molecular weight is 337 g/mol. The largest absolute Gasteiger partial charge is 0.456 e. The Hall–Kier alpha value is -2.36. The lowest BCUT2D eigenvalue weighted by atomic mass is 9.86. The van der Waals surface area contributed by atoms with E-state index in [0.717, 1.165) is 28.8 Å². The van der Waals surface area contributed by atoms with E-state index in [9.17, 15) is 9.59 Å². The highest BCUT2D eigenvalue weighted by Crippen LogP contribution is 2.49. The van der Waals surface area contributed by atoms with Crippen LogP contribution in [0.1, 0.15) is 32.1 Å². The molecule has 0 unspecified atom stereocenters. The number of esters is 1. The number of hydrogen-bond donors (Lipinski definition) is 1. The smallest absolute Gasteiger partial charge is 0.306 e. The van der Waals surface area contributed by atoms with Crippen molar-refractivity contribution < 1.29 is 14.3 Å². The summed E-state index contributed by atoms with van der Waals surface area (Å²) in [6, 6.07) is 13.6. The van der Waals surface area contributed by atoms with E-state index in [1.807, 2.05) is 42.5 Å². The van der Waals surface area contributed by atoms with Crippen molar-refractivity contribution in [3.63, 3.8) is 0 Å². The van der Waals surface area contributed by atoms with Crippen molar-refractivity contribution >= 4 is 28.3 Å². The number of carbonyl (C=O) groups excluding carboxylic acids is 2. The van der Waals surface area contributed by atoms with Crippen LogP contribution in [0.3, 0.4) is 0 Å². The van der Waals surface area contributed by atoms with Crippen LogP contribution in [0, 0.1) is 17.8 Å². The van der Waals surface area contributed by atoms with E-state index in [4.69, 9.17) is 4.74 Å². The molecule has 2 fully saturated rings. The third-order valence-corrected chi connectivity index (χ3v) is 5.74. The number of nitrogens with one attached hydrogen (secondary N) is 1. The molecule has 2 aromatic carbocycles. The Bertz CT molecular complexity index is 795. The molecule has 2 bridgehead atoms. The first-order valence-electron chi connectivity index (χ1n) is 9.12. The highest BCUT2D eigenvalue weighted by atomic mass is 16.5. The second-order valence-electron chi connectivity index (χ2n) is 7.37. The van der Waals surface area contributed by atoms with E-state index in [1.165, 1.54) is 19.3 Å². The summed E-state index contributed by atoms with van der Waals surface area (Å²) in [5.74, 6) is 1.44. The Morgan fingerprint density at radius 1 is 1.04 bits per heavy atom. The second-order valence-corrected chi connectivity index (χ2v) is 7.37. The lowest BCUT2D eigenvalue weighted by Crippen LogP contribution is -2.23. The molecule has 0 radical (unpaired) electrons. The van der Waals surface area contributed by atoms with E-state index >= 15 is 0 Å². The number of fused-ring (bicyclic) bond motifs is 3. The third kappa shape index (κ3) is 3.53.